The third-order valence-corrected chi connectivity index (χ3v) is 6.09. The van der Waals surface area contributed by atoms with Crippen LogP contribution in [0.1, 0.15) is 20.7 Å². The minimum absolute atomic E-state index is 0.0498. The molecule has 0 saturated carbocycles. The number of aromatic nitrogens is 1. The Bertz CT molecular complexity index is 1080. The topological polar surface area (TPSA) is 76.3 Å². The number of primary amides is 1. The Morgan fingerprint density at radius 1 is 1.07 bits per heavy atom. The van der Waals surface area contributed by atoms with Crippen molar-refractivity contribution in [3.8, 4) is 22.4 Å². The molecule has 0 atom stereocenters. The first-order chi connectivity index (χ1) is 14.0. The molecule has 1 fully saturated rings. The second-order valence-electron chi connectivity index (χ2n) is 6.64. The number of pyridine rings is 1. The summed E-state index contributed by atoms with van der Waals surface area (Å²) in [4.78, 5) is 31.0. The van der Waals surface area contributed by atoms with Gasteiger partial charge in [0.25, 0.3) is 5.91 Å². The highest BCUT2D eigenvalue weighted by Crippen LogP contribution is 2.33. The Balaban J connectivity index is 1.82. The first-order valence-corrected chi connectivity index (χ1v) is 10.6. The van der Waals surface area contributed by atoms with E-state index in [1.165, 1.54) is 0 Å². The van der Waals surface area contributed by atoms with E-state index in [2.05, 4.69) is 4.98 Å². The van der Waals surface area contributed by atoms with Crippen molar-refractivity contribution < 1.29 is 9.59 Å². The minimum atomic E-state index is -0.551. The van der Waals surface area contributed by atoms with Crippen LogP contribution < -0.4 is 5.73 Å². The average molecular weight is 424 g/mol. The first-order valence-electron chi connectivity index (χ1n) is 9.07. The lowest BCUT2D eigenvalue weighted by atomic mass is 9.94. The van der Waals surface area contributed by atoms with Gasteiger partial charge in [-0.2, -0.15) is 0 Å². The molecule has 2 amide bonds. The summed E-state index contributed by atoms with van der Waals surface area (Å²) in [6.07, 6.45) is 1.69. The van der Waals surface area contributed by atoms with E-state index in [1.54, 1.807) is 47.1 Å². The van der Waals surface area contributed by atoms with Crippen LogP contribution in [0.4, 0.5) is 0 Å². The molecule has 146 valence electrons. The number of rotatable bonds is 4. The molecule has 2 aromatic carbocycles. The third-order valence-electron chi connectivity index (χ3n) is 4.79. The van der Waals surface area contributed by atoms with E-state index in [0.29, 0.717) is 27.6 Å². The number of carbonyl (C=O) groups is 2. The second kappa shape index (κ2) is 8.27. The highest BCUT2D eigenvalue weighted by Gasteiger charge is 2.22. The number of thioether (sulfide) groups is 1. The molecule has 0 unspecified atom stereocenters. The van der Waals surface area contributed by atoms with E-state index >= 15 is 0 Å². The minimum Gasteiger partial charge on any atom is -0.366 e. The Morgan fingerprint density at radius 3 is 2.62 bits per heavy atom. The molecule has 7 heteroatoms. The monoisotopic (exact) mass is 423 g/mol. The summed E-state index contributed by atoms with van der Waals surface area (Å²) in [5.74, 6) is 1.01. The number of benzene rings is 2. The maximum Gasteiger partial charge on any atom is 0.254 e. The summed E-state index contributed by atoms with van der Waals surface area (Å²) in [6, 6.07) is 16.0. The standard InChI is InChI=1S/C22H18ClN3O2S/c23-19-7-5-14(11-18(19)20-3-1-2-8-25-20)17-12-15(4-6-16(17)21(24)27)22(28)26-9-10-29-13-26/h1-8,11-12H,9-10,13H2,(H2,24,27). The maximum atomic E-state index is 12.8. The molecule has 4 rings (SSSR count). The number of nitrogens with zero attached hydrogens (tertiary/aromatic N) is 2. The summed E-state index contributed by atoms with van der Waals surface area (Å²) in [5, 5.41) is 0.550. The van der Waals surface area contributed by atoms with Crippen LogP contribution in [0, 0.1) is 0 Å². The molecular formula is C22H18ClN3O2S. The van der Waals surface area contributed by atoms with Crippen LogP contribution in [0.25, 0.3) is 22.4 Å². The van der Waals surface area contributed by atoms with Crippen molar-refractivity contribution in [2.75, 3.05) is 18.2 Å². The van der Waals surface area contributed by atoms with Crippen LogP contribution in [0.2, 0.25) is 5.02 Å². The lowest BCUT2D eigenvalue weighted by molar-refractivity contribution is 0.0802. The molecule has 0 bridgehead atoms. The predicted octanol–water partition coefficient (Wildman–Crippen LogP) is 4.31. The van der Waals surface area contributed by atoms with Gasteiger partial charge in [-0.05, 0) is 53.6 Å². The van der Waals surface area contributed by atoms with Gasteiger partial charge in [-0.3, -0.25) is 14.6 Å². The van der Waals surface area contributed by atoms with Crippen LogP contribution in [0.5, 0.6) is 0 Å². The molecule has 0 radical (unpaired) electrons. The molecule has 1 saturated heterocycles. The van der Waals surface area contributed by atoms with E-state index < -0.39 is 5.91 Å². The number of halogens is 1. The largest absolute Gasteiger partial charge is 0.366 e. The molecule has 2 heterocycles. The fourth-order valence-corrected chi connectivity index (χ4v) is 4.46. The molecule has 5 nitrogen and oxygen atoms in total. The first kappa shape index (κ1) is 19.5. The Morgan fingerprint density at radius 2 is 1.93 bits per heavy atom. The quantitative estimate of drug-likeness (QED) is 0.678. The summed E-state index contributed by atoms with van der Waals surface area (Å²) < 4.78 is 0. The normalized spacial score (nSPS) is 13.5. The van der Waals surface area contributed by atoms with Gasteiger partial charge < -0.3 is 10.6 Å². The van der Waals surface area contributed by atoms with Crippen molar-refractivity contribution >= 4 is 35.2 Å². The molecule has 1 aromatic heterocycles. The number of nitrogens with two attached hydrogens (primary N) is 1. The van der Waals surface area contributed by atoms with E-state index in [4.69, 9.17) is 17.3 Å². The average Bonchev–Trinajstić information content (AvgIpc) is 3.28. The van der Waals surface area contributed by atoms with Crippen LogP contribution in [0.15, 0.2) is 60.8 Å². The van der Waals surface area contributed by atoms with Crippen molar-refractivity contribution in [1.29, 1.82) is 0 Å². The van der Waals surface area contributed by atoms with Crippen molar-refractivity contribution in [2.24, 2.45) is 5.73 Å². The molecule has 0 spiro atoms. The Hall–Kier alpha value is -2.83. The van der Waals surface area contributed by atoms with Gasteiger partial charge in [0, 0.05) is 40.2 Å². The summed E-state index contributed by atoms with van der Waals surface area (Å²) in [7, 11) is 0. The predicted molar refractivity (Wildman–Crippen MR) is 117 cm³/mol. The zero-order valence-electron chi connectivity index (χ0n) is 15.5. The third kappa shape index (κ3) is 3.99. The number of carbonyl (C=O) groups excluding carboxylic acids is 2. The van der Waals surface area contributed by atoms with Crippen LogP contribution >= 0.6 is 23.4 Å². The Kier molecular flexibility index (Phi) is 5.56. The Labute approximate surface area is 177 Å². The maximum absolute atomic E-state index is 12.8. The van der Waals surface area contributed by atoms with Crippen molar-refractivity contribution in [3.05, 3.63) is 76.9 Å². The van der Waals surface area contributed by atoms with E-state index in [1.807, 2.05) is 30.3 Å². The highest BCUT2D eigenvalue weighted by molar-refractivity contribution is 7.99. The lowest BCUT2D eigenvalue weighted by Gasteiger charge is -2.16. The molecule has 1 aliphatic rings. The zero-order valence-corrected chi connectivity index (χ0v) is 17.0. The molecule has 29 heavy (non-hydrogen) atoms. The molecule has 3 aromatic rings. The van der Waals surface area contributed by atoms with Gasteiger partial charge in [-0.25, -0.2) is 0 Å². The SMILES string of the molecule is NC(=O)c1ccc(C(=O)N2CCSC2)cc1-c1ccc(Cl)c(-c2ccccn2)c1. The second-order valence-corrected chi connectivity index (χ2v) is 8.12. The fourth-order valence-electron chi connectivity index (χ4n) is 3.30. The van der Waals surface area contributed by atoms with Gasteiger partial charge in [0.2, 0.25) is 5.91 Å². The molecule has 2 N–H and O–H groups in total. The van der Waals surface area contributed by atoms with Crippen LogP contribution in [-0.2, 0) is 0 Å². The van der Waals surface area contributed by atoms with Crippen molar-refractivity contribution in [3.63, 3.8) is 0 Å². The number of amides is 2. The van der Waals surface area contributed by atoms with Gasteiger partial charge in [-0.15, -0.1) is 11.8 Å². The number of hydrogen-bond donors (Lipinski definition) is 1. The van der Waals surface area contributed by atoms with Crippen molar-refractivity contribution in [1.82, 2.24) is 9.88 Å². The van der Waals surface area contributed by atoms with Gasteiger partial charge in [0.15, 0.2) is 0 Å². The van der Waals surface area contributed by atoms with E-state index in [0.717, 1.165) is 29.1 Å². The van der Waals surface area contributed by atoms with Gasteiger partial charge >= 0.3 is 0 Å². The van der Waals surface area contributed by atoms with Crippen LogP contribution in [-0.4, -0.2) is 39.9 Å². The summed E-state index contributed by atoms with van der Waals surface area (Å²) in [5.41, 5.74) is 9.30. The van der Waals surface area contributed by atoms with E-state index in [-0.39, 0.29) is 5.91 Å². The lowest BCUT2D eigenvalue weighted by Crippen LogP contribution is -2.28. The van der Waals surface area contributed by atoms with Gasteiger partial charge in [-0.1, -0.05) is 23.7 Å². The zero-order chi connectivity index (χ0) is 20.4. The molecular weight excluding hydrogens is 406 g/mol. The van der Waals surface area contributed by atoms with E-state index in [9.17, 15) is 9.59 Å². The summed E-state index contributed by atoms with van der Waals surface area (Å²) >= 11 is 8.12. The number of hydrogen-bond acceptors (Lipinski definition) is 4. The molecule has 1 aliphatic heterocycles. The van der Waals surface area contributed by atoms with Gasteiger partial charge in [0.1, 0.15) is 0 Å². The van der Waals surface area contributed by atoms with Gasteiger partial charge in [0.05, 0.1) is 11.6 Å². The smallest absolute Gasteiger partial charge is 0.254 e. The van der Waals surface area contributed by atoms with Crippen LogP contribution in [0.3, 0.4) is 0 Å². The highest BCUT2D eigenvalue weighted by atomic mass is 35.5. The molecule has 0 aliphatic carbocycles. The fraction of sp³-hybridized carbons (Fsp3) is 0.136. The summed E-state index contributed by atoms with van der Waals surface area (Å²) in [6.45, 7) is 0.723. The van der Waals surface area contributed by atoms with Crippen molar-refractivity contribution in [2.45, 2.75) is 0 Å².